The molecule has 6 heteroatoms. The lowest BCUT2D eigenvalue weighted by Crippen LogP contribution is -2.12. The molecule has 3 rings (SSSR count). The minimum absolute atomic E-state index is 0.0428. The van der Waals surface area contributed by atoms with Gasteiger partial charge in [0.15, 0.2) is 11.5 Å². The third-order valence-corrected chi connectivity index (χ3v) is 3.41. The molecule has 0 saturated heterocycles. The van der Waals surface area contributed by atoms with Crippen LogP contribution in [0.3, 0.4) is 0 Å². The van der Waals surface area contributed by atoms with E-state index in [0.717, 1.165) is 11.1 Å². The summed E-state index contributed by atoms with van der Waals surface area (Å²) in [6, 6.07) is 9.86. The van der Waals surface area contributed by atoms with Gasteiger partial charge in [-0.1, -0.05) is 12.1 Å². The molecule has 2 N–H and O–H groups in total. The first kappa shape index (κ1) is 13.4. The quantitative estimate of drug-likeness (QED) is 0.692. The molecule has 0 aliphatic carbocycles. The first-order valence-corrected chi connectivity index (χ1v) is 6.46. The highest BCUT2D eigenvalue weighted by atomic mass is 16.7. The fourth-order valence-corrected chi connectivity index (χ4v) is 2.38. The van der Waals surface area contributed by atoms with E-state index in [1.165, 1.54) is 12.1 Å². The first-order chi connectivity index (χ1) is 10.0. The minimum Gasteiger partial charge on any atom is -0.454 e. The summed E-state index contributed by atoms with van der Waals surface area (Å²) in [6.07, 6.45) is 0. The van der Waals surface area contributed by atoms with Crippen molar-refractivity contribution in [2.24, 2.45) is 5.73 Å². The molecule has 1 heterocycles. The number of nitro benzene ring substituents is 1. The number of nitrogens with zero attached hydrogens (tertiary/aromatic N) is 1. The summed E-state index contributed by atoms with van der Waals surface area (Å²) in [5, 5.41) is 10.9. The van der Waals surface area contributed by atoms with Gasteiger partial charge < -0.3 is 15.2 Å². The standard InChI is InChI=1S/C15H14N2O4/c1-9-4-11(6-12(5-9)17(18)19)15(16)10-2-3-13-14(7-10)21-8-20-13/h2-7,15H,8,16H2,1H3. The van der Waals surface area contributed by atoms with Crippen LogP contribution in [0.25, 0.3) is 0 Å². The van der Waals surface area contributed by atoms with Crippen LogP contribution in [0, 0.1) is 17.0 Å². The molecule has 21 heavy (non-hydrogen) atoms. The van der Waals surface area contributed by atoms with Crippen molar-refractivity contribution in [1.82, 2.24) is 0 Å². The van der Waals surface area contributed by atoms with Crippen LogP contribution in [-0.2, 0) is 0 Å². The molecule has 1 aliphatic heterocycles. The van der Waals surface area contributed by atoms with Gasteiger partial charge in [0.2, 0.25) is 6.79 Å². The maximum Gasteiger partial charge on any atom is 0.270 e. The van der Waals surface area contributed by atoms with E-state index in [1.807, 2.05) is 19.1 Å². The Morgan fingerprint density at radius 2 is 1.90 bits per heavy atom. The number of benzene rings is 2. The Balaban J connectivity index is 1.98. The monoisotopic (exact) mass is 286 g/mol. The van der Waals surface area contributed by atoms with Crippen LogP contribution in [0.1, 0.15) is 22.7 Å². The van der Waals surface area contributed by atoms with Gasteiger partial charge in [0, 0.05) is 12.1 Å². The summed E-state index contributed by atoms with van der Waals surface area (Å²) in [5.41, 5.74) is 8.59. The van der Waals surface area contributed by atoms with Crippen LogP contribution < -0.4 is 15.2 Å². The van der Waals surface area contributed by atoms with Crippen LogP contribution in [0.5, 0.6) is 11.5 Å². The Labute approximate surface area is 121 Å². The average molecular weight is 286 g/mol. The smallest absolute Gasteiger partial charge is 0.270 e. The van der Waals surface area contributed by atoms with Crippen molar-refractivity contribution in [1.29, 1.82) is 0 Å². The van der Waals surface area contributed by atoms with Crippen LogP contribution in [0.15, 0.2) is 36.4 Å². The van der Waals surface area contributed by atoms with Crippen molar-refractivity contribution in [3.05, 3.63) is 63.2 Å². The number of nitrogens with two attached hydrogens (primary N) is 1. The lowest BCUT2D eigenvalue weighted by molar-refractivity contribution is -0.385. The summed E-state index contributed by atoms with van der Waals surface area (Å²) in [4.78, 5) is 10.5. The second-order valence-corrected chi connectivity index (χ2v) is 4.95. The second kappa shape index (κ2) is 5.06. The third-order valence-electron chi connectivity index (χ3n) is 3.41. The highest BCUT2D eigenvalue weighted by molar-refractivity contribution is 5.48. The predicted molar refractivity (Wildman–Crippen MR) is 76.4 cm³/mol. The topological polar surface area (TPSA) is 87.6 Å². The van der Waals surface area contributed by atoms with Crippen LogP contribution in [0.4, 0.5) is 5.69 Å². The van der Waals surface area contributed by atoms with Gasteiger partial charge in [0.25, 0.3) is 5.69 Å². The van der Waals surface area contributed by atoms with Crippen LogP contribution in [0.2, 0.25) is 0 Å². The molecule has 0 amide bonds. The predicted octanol–water partition coefficient (Wildman–Crippen LogP) is 2.68. The van der Waals surface area contributed by atoms with Crippen LogP contribution in [-0.4, -0.2) is 11.7 Å². The maximum absolute atomic E-state index is 10.9. The van der Waals surface area contributed by atoms with E-state index in [1.54, 1.807) is 12.1 Å². The lowest BCUT2D eigenvalue weighted by atomic mass is 9.97. The fraction of sp³-hybridized carbons (Fsp3) is 0.200. The lowest BCUT2D eigenvalue weighted by Gasteiger charge is -2.14. The normalized spacial score (nSPS) is 14.0. The summed E-state index contributed by atoms with van der Waals surface area (Å²) in [7, 11) is 0. The van der Waals surface area contributed by atoms with Gasteiger partial charge in [0.05, 0.1) is 11.0 Å². The molecule has 0 fully saturated rings. The number of non-ortho nitro benzene ring substituents is 1. The molecule has 2 aromatic carbocycles. The molecule has 108 valence electrons. The zero-order chi connectivity index (χ0) is 15.0. The fourth-order valence-electron chi connectivity index (χ4n) is 2.38. The summed E-state index contributed by atoms with van der Waals surface area (Å²) >= 11 is 0. The summed E-state index contributed by atoms with van der Waals surface area (Å²) < 4.78 is 10.6. The SMILES string of the molecule is Cc1cc(C(N)c2ccc3c(c2)OCO3)cc([N+](=O)[O-])c1. The number of aryl methyl sites for hydroxylation is 1. The Kier molecular flexibility index (Phi) is 3.23. The first-order valence-electron chi connectivity index (χ1n) is 6.46. The molecule has 2 aromatic rings. The highest BCUT2D eigenvalue weighted by Gasteiger charge is 2.18. The van der Waals surface area contributed by atoms with E-state index in [4.69, 9.17) is 15.2 Å². The average Bonchev–Trinajstić information content (AvgIpc) is 2.93. The van der Waals surface area contributed by atoms with Crippen molar-refractivity contribution in [2.45, 2.75) is 13.0 Å². The molecule has 0 aromatic heterocycles. The van der Waals surface area contributed by atoms with Gasteiger partial charge in [-0.05, 0) is 35.7 Å². The second-order valence-electron chi connectivity index (χ2n) is 4.95. The van der Waals surface area contributed by atoms with Crippen molar-refractivity contribution in [2.75, 3.05) is 6.79 Å². The Morgan fingerprint density at radius 3 is 2.67 bits per heavy atom. The number of hydrogen-bond donors (Lipinski definition) is 1. The molecular weight excluding hydrogens is 272 g/mol. The Morgan fingerprint density at radius 1 is 1.14 bits per heavy atom. The highest BCUT2D eigenvalue weighted by Crippen LogP contribution is 2.35. The number of fused-ring (bicyclic) bond motifs is 1. The van der Waals surface area contributed by atoms with Crippen molar-refractivity contribution < 1.29 is 14.4 Å². The molecule has 1 atom stereocenters. The van der Waals surface area contributed by atoms with Gasteiger partial charge in [-0.25, -0.2) is 0 Å². The number of rotatable bonds is 3. The Bertz CT molecular complexity index is 715. The van der Waals surface area contributed by atoms with Crippen molar-refractivity contribution in [3.63, 3.8) is 0 Å². The summed E-state index contributed by atoms with van der Waals surface area (Å²) in [6.45, 7) is 2.01. The molecule has 0 bridgehead atoms. The van der Waals surface area contributed by atoms with E-state index < -0.39 is 11.0 Å². The zero-order valence-corrected chi connectivity index (χ0v) is 11.4. The Hall–Kier alpha value is -2.60. The largest absolute Gasteiger partial charge is 0.454 e. The number of hydrogen-bond acceptors (Lipinski definition) is 5. The molecular formula is C15H14N2O4. The minimum atomic E-state index is -0.460. The van der Waals surface area contributed by atoms with E-state index in [-0.39, 0.29) is 12.5 Å². The van der Waals surface area contributed by atoms with Crippen molar-refractivity contribution in [3.8, 4) is 11.5 Å². The van der Waals surface area contributed by atoms with Crippen LogP contribution >= 0.6 is 0 Å². The third kappa shape index (κ3) is 2.53. The van der Waals surface area contributed by atoms with Gasteiger partial charge in [-0.15, -0.1) is 0 Å². The number of ether oxygens (including phenoxy) is 2. The van der Waals surface area contributed by atoms with Gasteiger partial charge in [0.1, 0.15) is 0 Å². The zero-order valence-electron chi connectivity index (χ0n) is 11.4. The molecule has 0 saturated carbocycles. The van der Waals surface area contributed by atoms with E-state index >= 15 is 0 Å². The number of nitro groups is 1. The maximum atomic E-state index is 10.9. The molecule has 0 radical (unpaired) electrons. The summed E-state index contributed by atoms with van der Waals surface area (Å²) in [5.74, 6) is 1.33. The van der Waals surface area contributed by atoms with E-state index in [0.29, 0.717) is 17.1 Å². The molecule has 1 unspecified atom stereocenters. The molecule has 0 spiro atoms. The van der Waals surface area contributed by atoms with E-state index in [2.05, 4.69) is 0 Å². The van der Waals surface area contributed by atoms with Gasteiger partial charge in [-0.2, -0.15) is 0 Å². The van der Waals surface area contributed by atoms with Gasteiger partial charge in [-0.3, -0.25) is 10.1 Å². The van der Waals surface area contributed by atoms with E-state index in [9.17, 15) is 10.1 Å². The van der Waals surface area contributed by atoms with Gasteiger partial charge >= 0.3 is 0 Å². The molecule has 1 aliphatic rings. The van der Waals surface area contributed by atoms with Crippen molar-refractivity contribution >= 4 is 5.69 Å². The molecule has 6 nitrogen and oxygen atoms in total.